The van der Waals surface area contributed by atoms with Crippen LogP contribution in [0.3, 0.4) is 0 Å². The number of nitrogens with zero attached hydrogens (tertiary/aromatic N) is 2. The first-order chi connectivity index (χ1) is 12.2. The van der Waals surface area contributed by atoms with Crippen molar-refractivity contribution in [2.75, 3.05) is 13.1 Å². The summed E-state index contributed by atoms with van der Waals surface area (Å²) in [5.41, 5.74) is 0. The van der Waals surface area contributed by atoms with Crippen LogP contribution in [0, 0.1) is 0 Å². The summed E-state index contributed by atoms with van der Waals surface area (Å²) in [7, 11) is 0. The van der Waals surface area contributed by atoms with Crippen molar-refractivity contribution in [1.29, 1.82) is 0 Å². The lowest BCUT2D eigenvalue weighted by Gasteiger charge is -2.45. The number of carbonyl (C=O) groups excluding carboxylic acids is 2. The summed E-state index contributed by atoms with van der Waals surface area (Å²) in [4.78, 5) is 27.1. The topological polar surface area (TPSA) is 49.9 Å². The van der Waals surface area contributed by atoms with Crippen LogP contribution in [0.2, 0.25) is 5.02 Å². The zero-order chi connectivity index (χ0) is 18.9. The number of benzene rings is 1. The van der Waals surface area contributed by atoms with Gasteiger partial charge in [0.05, 0.1) is 12.6 Å². The average molecular weight is 387 g/mol. The molecule has 26 heavy (non-hydrogen) atoms. The van der Waals surface area contributed by atoms with Crippen molar-refractivity contribution in [3.8, 4) is 5.75 Å². The molecule has 0 bridgehead atoms. The predicted molar refractivity (Wildman–Crippen MR) is 92.6 cm³/mol. The summed E-state index contributed by atoms with van der Waals surface area (Å²) in [5, 5.41) is 0.479. The van der Waals surface area contributed by atoms with E-state index < -0.39 is 31.0 Å². The van der Waals surface area contributed by atoms with Gasteiger partial charge in [-0.05, 0) is 44.0 Å². The number of hydrogen-bond donors (Lipinski definition) is 0. The third-order valence-electron chi connectivity index (χ3n) is 4.83. The Morgan fingerprint density at radius 2 is 2.00 bits per heavy atom. The highest BCUT2D eigenvalue weighted by atomic mass is 35.5. The van der Waals surface area contributed by atoms with E-state index in [9.17, 15) is 18.4 Å². The lowest BCUT2D eigenvalue weighted by atomic mass is 9.94. The average Bonchev–Trinajstić information content (AvgIpc) is 2.55. The minimum atomic E-state index is -3.07. The maximum Gasteiger partial charge on any atom is 0.415 e. The quantitative estimate of drug-likeness (QED) is 0.773. The van der Waals surface area contributed by atoms with Gasteiger partial charge in [-0.1, -0.05) is 11.6 Å². The predicted octanol–water partition coefficient (Wildman–Crippen LogP) is 3.95. The van der Waals surface area contributed by atoms with Gasteiger partial charge in [-0.25, -0.2) is 13.6 Å². The molecule has 1 aromatic rings. The van der Waals surface area contributed by atoms with Gasteiger partial charge in [0.2, 0.25) is 5.91 Å². The molecule has 2 aliphatic heterocycles. The summed E-state index contributed by atoms with van der Waals surface area (Å²) in [6, 6.07) is 5.27. The van der Waals surface area contributed by atoms with Crippen LogP contribution in [-0.2, 0) is 4.79 Å². The number of hydrogen-bond acceptors (Lipinski definition) is 3. The number of rotatable bonds is 2. The fraction of sp³-hybridized carbons (Fsp3) is 0.556. The smallest absolute Gasteiger partial charge is 0.410 e. The molecule has 2 unspecified atom stereocenters. The van der Waals surface area contributed by atoms with Gasteiger partial charge in [0.15, 0.2) is 0 Å². The molecule has 2 saturated heterocycles. The first-order valence-electron chi connectivity index (χ1n) is 8.66. The van der Waals surface area contributed by atoms with Crippen LogP contribution in [0.4, 0.5) is 13.6 Å². The number of amides is 2. The first kappa shape index (κ1) is 18.9. The maximum absolute atomic E-state index is 14.3. The minimum absolute atomic E-state index is 0.0398. The fourth-order valence-corrected chi connectivity index (χ4v) is 3.82. The van der Waals surface area contributed by atoms with Gasteiger partial charge in [0.25, 0.3) is 5.92 Å². The van der Waals surface area contributed by atoms with E-state index in [2.05, 4.69) is 0 Å². The molecular formula is C18H21ClF2N2O3. The number of alkyl halides is 2. The van der Waals surface area contributed by atoms with Gasteiger partial charge in [-0.2, -0.15) is 0 Å². The van der Waals surface area contributed by atoms with Crippen molar-refractivity contribution >= 4 is 23.6 Å². The molecule has 0 radical (unpaired) electrons. The van der Waals surface area contributed by atoms with E-state index in [1.54, 1.807) is 12.1 Å². The second kappa shape index (κ2) is 7.39. The molecule has 2 atom stereocenters. The Kier molecular flexibility index (Phi) is 5.37. The molecule has 2 heterocycles. The van der Waals surface area contributed by atoms with Crippen molar-refractivity contribution in [2.45, 2.75) is 50.6 Å². The highest BCUT2D eigenvalue weighted by molar-refractivity contribution is 6.30. The Morgan fingerprint density at radius 1 is 1.31 bits per heavy atom. The highest BCUT2D eigenvalue weighted by Gasteiger charge is 2.46. The van der Waals surface area contributed by atoms with E-state index in [0.717, 1.165) is 17.7 Å². The molecule has 0 aromatic heterocycles. The summed E-state index contributed by atoms with van der Waals surface area (Å²) in [5.74, 6) is -2.97. The molecule has 2 aliphatic rings. The lowest BCUT2D eigenvalue weighted by Crippen LogP contribution is -2.60. The summed E-state index contributed by atoms with van der Waals surface area (Å²) < 4.78 is 33.7. The van der Waals surface area contributed by atoms with Gasteiger partial charge in [0, 0.05) is 30.5 Å². The normalized spacial score (nSPS) is 25.9. The molecule has 0 saturated carbocycles. The maximum atomic E-state index is 14.3. The SMILES string of the molecule is CC1CCCC(=O)N1C1CN(C(=O)Oc2ccc(Cl)cc2)CC(F)(F)C1. The third kappa shape index (κ3) is 4.26. The van der Waals surface area contributed by atoms with Crippen LogP contribution in [0.5, 0.6) is 5.75 Å². The van der Waals surface area contributed by atoms with Crippen LogP contribution < -0.4 is 4.74 Å². The summed E-state index contributed by atoms with van der Waals surface area (Å²) >= 11 is 5.78. The molecule has 0 spiro atoms. The minimum Gasteiger partial charge on any atom is -0.410 e. The number of piperidine rings is 2. The number of halogens is 3. The molecule has 0 N–H and O–H groups in total. The van der Waals surface area contributed by atoms with Crippen LogP contribution in [0.25, 0.3) is 0 Å². The molecule has 0 aliphatic carbocycles. The van der Waals surface area contributed by atoms with Crippen LogP contribution in [-0.4, -0.2) is 52.9 Å². The lowest BCUT2D eigenvalue weighted by molar-refractivity contribution is -0.146. The van der Waals surface area contributed by atoms with Crippen molar-refractivity contribution in [3.05, 3.63) is 29.3 Å². The molecule has 142 valence electrons. The Bertz CT molecular complexity index is 684. The Balaban J connectivity index is 1.73. The Labute approximate surface area is 155 Å². The zero-order valence-corrected chi connectivity index (χ0v) is 15.2. The largest absolute Gasteiger partial charge is 0.415 e. The standard InChI is InChI=1S/C18H21ClF2N2O3/c1-12-3-2-4-16(24)23(12)14-9-18(20,21)11-22(10-14)17(25)26-15-7-5-13(19)6-8-15/h5-8,12,14H,2-4,9-11H2,1H3. The number of likely N-dealkylation sites (tertiary alicyclic amines) is 2. The van der Waals surface area contributed by atoms with Crippen molar-refractivity contribution < 1.29 is 23.1 Å². The molecule has 2 amide bonds. The number of carbonyl (C=O) groups is 2. The third-order valence-corrected chi connectivity index (χ3v) is 5.09. The van der Waals surface area contributed by atoms with E-state index in [1.165, 1.54) is 17.0 Å². The Morgan fingerprint density at radius 3 is 2.65 bits per heavy atom. The molecule has 5 nitrogen and oxygen atoms in total. The summed E-state index contributed by atoms with van der Waals surface area (Å²) in [6.45, 7) is 1.19. The summed E-state index contributed by atoms with van der Waals surface area (Å²) in [6.07, 6.45) is 0.620. The van der Waals surface area contributed by atoms with E-state index in [1.807, 2.05) is 6.92 Å². The second-order valence-corrected chi connectivity index (χ2v) is 7.40. The van der Waals surface area contributed by atoms with Gasteiger partial charge in [-0.15, -0.1) is 0 Å². The molecule has 3 rings (SSSR count). The zero-order valence-electron chi connectivity index (χ0n) is 14.5. The van der Waals surface area contributed by atoms with E-state index >= 15 is 0 Å². The first-order valence-corrected chi connectivity index (χ1v) is 9.04. The van der Waals surface area contributed by atoms with Gasteiger partial charge in [0.1, 0.15) is 5.75 Å². The van der Waals surface area contributed by atoms with Crippen LogP contribution >= 0.6 is 11.6 Å². The van der Waals surface area contributed by atoms with Gasteiger partial charge < -0.3 is 9.64 Å². The van der Waals surface area contributed by atoms with Crippen molar-refractivity contribution in [2.24, 2.45) is 0 Å². The van der Waals surface area contributed by atoms with E-state index in [0.29, 0.717) is 11.4 Å². The van der Waals surface area contributed by atoms with Gasteiger partial charge in [-0.3, -0.25) is 9.69 Å². The monoisotopic (exact) mass is 386 g/mol. The van der Waals surface area contributed by atoms with Gasteiger partial charge >= 0.3 is 6.09 Å². The fourth-order valence-electron chi connectivity index (χ4n) is 3.69. The Hall–Kier alpha value is -1.89. The molecule has 8 heteroatoms. The molecular weight excluding hydrogens is 366 g/mol. The highest BCUT2D eigenvalue weighted by Crippen LogP contribution is 2.33. The van der Waals surface area contributed by atoms with Crippen LogP contribution in [0.15, 0.2) is 24.3 Å². The van der Waals surface area contributed by atoms with E-state index in [4.69, 9.17) is 16.3 Å². The molecule has 1 aromatic carbocycles. The molecule has 2 fully saturated rings. The van der Waals surface area contributed by atoms with E-state index in [-0.39, 0.29) is 24.2 Å². The van der Waals surface area contributed by atoms with Crippen LogP contribution in [0.1, 0.15) is 32.6 Å². The second-order valence-electron chi connectivity index (χ2n) is 6.96. The van der Waals surface area contributed by atoms with Crippen molar-refractivity contribution in [1.82, 2.24) is 9.80 Å². The van der Waals surface area contributed by atoms with Crippen molar-refractivity contribution in [3.63, 3.8) is 0 Å². The number of ether oxygens (including phenoxy) is 1.